The van der Waals surface area contributed by atoms with Gasteiger partial charge in [0.25, 0.3) is 0 Å². The molecule has 1 aliphatic carbocycles. The zero-order valence-electron chi connectivity index (χ0n) is 9.46. The minimum Gasteiger partial charge on any atom is -0.391 e. The SMILES string of the molecule is CCCCNC(=O)N[C@@H]1CCCC[C@H]1O. The third-order valence-corrected chi connectivity index (χ3v) is 2.86. The average molecular weight is 214 g/mol. The van der Waals surface area contributed by atoms with Crippen molar-refractivity contribution in [1.82, 2.24) is 10.6 Å². The summed E-state index contributed by atoms with van der Waals surface area (Å²) in [5.41, 5.74) is 0. The molecule has 0 radical (unpaired) electrons. The normalized spacial score (nSPS) is 26.0. The van der Waals surface area contributed by atoms with Crippen molar-refractivity contribution in [3.05, 3.63) is 0 Å². The third kappa shape index (κ3) is 4.51. The molecule has 0 unspecified atom stereocenters. The summed E-state index contributed by atoms with van der Waals surface area (Å²) in [4.78, 5) is 11.4. The summed E-state index contributed by atoms with van der Waals surface area (Å²) in [6, 6.07) is -0.199. The molecule has 1 aliphatic rings. The summed E-state index contributed by atoms with van der Waals surface area (Å²) in [6.45, 7) is 2.80. The Morgan fingerprint density at radius 2 is 2.13 bits per heavy atom. The quantitative estimate of drug-likeness (QED) is 0.619. The van der Waals surface area contributed by atoms with E-state index in [0.29, 0.717) is 6.54 Å². The molecule has 1 fully saturated rings. The molecule has 15 heavy (non-hydrogen) atoms. The van der Waals surface area contributed by atoms with Crippen LogP contribution in [0.4, 0.5) is 4.79 Å². The highest BCUT2D eigenvalue weighted by atomic mass is 16.3. The van der Waals surface area contributed by atoms with Crippen LogP contribution in [0.25, 0.3) is 0 Å². The number of carbonyl (C=O) groups excluding carboxylic acids is 1. The minimum absolute atomic E-state index is 0.0552. The van der Waals surface area contributed by atoms with E-state index in [0.717, 1.165) is 38.5 Å². The first-order chi connectivity index (χ1) is 7.24. The van der Waals surface area contributed by atoms with Crippen LogP contribution >= 0.6 is 0 Å². The summed E-state index contributed by atoms with van der Waals surface area (Å²) in [5, 5.41) is 15.3. The molecular weight excluding hydrogens is 192 g/mol. The lowest BCUT2D eigenvalue weighted by Gasteiger charge is -2.28. The van der Waals surface area contributed by atoms with Crippen LogP contribution in [0.1, 0.15) is 45.4 Å². The first-order valence-electron chi connectivity index (χ1n) is 5.96. The molecule has 0 bridgehead atoms. The standard InChI is InChI=1S/C11H22N2O2/c1-2-3-8-12-11(15)13-9-6-4-5-7-10(9)14/h9-10,14H,2-8H2,1H3,(H2,12,13,15)/t9-,10-/m1/s1. The topological polar surface area (TPSA) is 61.4 Å². The molecule has 88 valence electrons. The fourth-order valence-corrected chi connectivity index (χ4v) is 1.88. The number of nitrogens with one attached hydrogen (secondary N) is 2. The molecule has 0 aromatic carbocycles. The van der Waals surface area contributed by atoms with E-state index in [4.69, 9.17) is 0 Å². The molecule has 4 nitrogen and oxygen atoms in total. The number of aliphatic hydroxyl groups excluding tert-OH is 1. The molecule has 0 aliphatic heterocycles. The number of rotatable bonds is 4. The van der Waals surface area contributed by atoms with Crippen LogP contribution in [0.3, 0.4) is 0 Å². The monoisotopic (exact) mass is 214 g/mol. The number of aliphatic hydroxyl groups is 1. The fraction of sp³-hybridized carbons (Fsp3) is 0.909. The molecule has 0 aromatic heterocycles. The largest absolute Gasteiger partial charge is 0.391 e. The van der Waals surface area contributed by atoms with Crippen LogP contribution in [0.5, 0.6) is 0 Å². The molecule has 1 rings (SSSR count). The van der Waals surface area contributed by atoms with Gasteiger partial charge in [-0.25, -0.2) is 4.79 Å². The summed E-state index contributed by atoms with van der Waals surface area (Å²) in [6.07, 6.45) is 5.57. The van der Waals surface area contributed by atoms with Gasteiger partial charge in [-0.3, -0.25) is 0 Å². The van der Waals surface area contributed by atoms with Crippen molar-refractivity contribution in [3.8, 4) is 0 Å². The number of urea groups is 1. The van der Waals surface area contributed by atoms with Crippen molar-refractivity contribution >= 4 is 6.03 Å². The van der Waals surface area contributed by atoms with Crippen LogP contribution in [-0.2, 0) is 0 Å². The second kappa shape index (κ2) is 6.67. The van der Waals surface area contributed by atoms with Crippen LogP contribution in [0.2, 0.25) is 0 Å². The van der Waals surface area contributed by atoms with E-state index in [1.54, 1.807) is 0 Å². The molecule has 0 saturated heterocycles. The van der Waals surface area contributed by atoms with Crippen LogP contribution in [0, 0.1) is 0 Å². The van der Waals surface area contributed by atoms with Crippen molar-refractivity contribution in [2.75, 3.05) is 6.54 Å². The van der Waals surface area contributed by atoms with E-state index in [-0.39, 0.29) is 18.2 Å². The second-order valence-electron chi connectivity index (χ2n) is 4.21. The predicted octanol–water partition coefficient (Wildman–Crippen LogP) is 1.39. The Morgan fingerprint density at radius 3 is 2.80 bits per heavy atom. The van der Waals surface area contributed by atoms with Crippen molar-refractivity contribution < 1.29 is 9.90 Å². The average Bonchev–Trinajstić information content (AvgIpc) is 2.22. The van der Waals surface area contributed by atoms with Gasteiger partial charge < -0.3 is 15.7 Å². The summed E-state index contributed by atoms with van der Waals surface area (Å²) in [7, 11) is 0. The zero-order valence-corrected chi connectivity index (χ0v) is 9.46. The first-order valence-corrected chi connectivity index (χ1v) is 5.96. The first kappa shape index (κ1) is 12.3. The summed E-state index contributed by atoms with van der Waals surface area (Å²) in [5.74, 6) is 0. The highest BCUT2D eigenvalue weighted by Crippen LogP contribution is 2.17. The van der Waals surface area contributed by atoms with E-state index in [9.17, 15) is 9.90 Å². The lowest BCUT2D eigenvalue weighted by atomic mass is 9.93. The van der Waals surface area contributed by atoms with E-state index < -0.39 is 0 Å². The lowest BCUT2D eigenvalue weighted by Crippen LogP contribution is -2.49. The molecule has 0 aromatic rings. The predicted molar refractivity (Wildman–Crippen MR) is 59.7 cm³/mol. The number of unbranched alkanes of at least 4 members (excludes halogenated alkanes) is 1. The Kier molecular flexibility index (Phi) is 5.47. The molecule has 0 heterocycles. The molecule has 2 amide bonds. The molecular formula is C11H22N2O2. The van der Waals surface area contributed by atoms with Gasteiger partial charge in [0.1, 0.15) is 0 Å². The Balaban J connectivity index is 2.18. The van der Waals surface area contributed by atoms with E-state index in [1.165, 1.54) is 0 Å². The van der Waals surface area contributed by atoms with E-state index in [1.807, 2.05) is 0 Å². The second-order valence-corrected chi connectivity index (χ2v) is 4.21. The molecule has 0 spiro atoms. The number of amides is 2. The number of carbonyl (C=O) groups is 1. The highest BCUT2D eigenvalue weighted by Gasteiger charge is 2.23. The molecule has 3 N–H and O–H groups in total. The van der Waals surface area contributed by atoms with E-state index >= 15 is 0 Å². The number of hydrogen-bond donors (Lipinski definition) is 3. The van der Waals surface area contributed by atoms with Gasteiger partial charge in [-0.05, 0) is 19.3 Å². The van der Waals surface area contributed by atoms with Gasteiger partial charge in [-0.2, -0.15) is 0 Å². The maximum atomic E-state index is 11.4. The van der Waals surface area contributed by atoms with Crippen molar-refractivity contribution in [3.63, 3.8) is 0 Å². The Hall–Kier alpha value is -0.770. The highest BCUT2D eigenvalue weighted by molar-refractivity contribution is 5.74. The fourth-order valence-electron chi connectivity index (χ4n) is 1.88. The van der Waals surface area contributed by atoms with Gasteiger partial charge in [-0.15, -0.1) is 0 Å². The van der Waals surface area contributed by atoms with Crippen molar-refractivity contribution in [2.45, 2.75) is 57.6 Å². The summed E-state index contributed by atoms with van der Waals surface area (Å²) < 4.78 is 0. The van der Waals surface area contributed by atoms with Crippen molar-refractivity contribution in [1.29, 1.82) is 0 Å². The zero-order chi connectivity index (χ0) is 11.1. The van der Waals surface area contributed by atoms with Gasteiger partial charge in [0.2, 0.25) is 0 Å². The Morgan fingerprint density at radius 1 is 1.40 bits per heavy atom. The maximum Gasteiger partial charge on any atom is 0.315 e. The van der Waals surface area contributed by atoms with Gasteiger partial charge in [0, 0.05) is 6.54 Å². The van der Waals surface area contributed by atoms with Crippen LogP contribution in [-0.4, -0.2) is 29.8 Å². The Labute approximate surface area is 91.4 Å². The number of hydrogen-bond acceptors (Lipinski definition) is 2. The minimum atomic E-state index is -0.365. The van der Waals surface area contributed by atoms with Gasteiger partial charge in [0.15, 0.2) is 0 Å². The molecule has 1 saturated carbocycles. The van der Waals surface area contributed by atoms with Crippen molar-refractivity contribution in [2.24, 2.45) is 0 Å². The Bertz CT molecular complexity index is 197. The third-order valence-electron chi connectivity index (χ3n) is 2.86. The van der Waals surface area contributed by atoms with E-state index in [2.05, 4.69) is 17.6 Å². The summed E-state index contributed by atoms with van der Waals surface area (Å²) >= 11 is 0. The van der Waals surface area contributed by atoms with Gasteiger partial charge in [0.05, 0.1) is 12.1 Å². The maximum absolute atomic E-state index is 11.4. The lowest BCUT2D eigenvalue weighted by molar-refractivity contribution is 0.0943. The smallest absolute Gasteiger partial charge is 0.315 e. The van der Waals surface area contributed by atoms with Crippen LogP contribution in [0.15, 0.2) is 0 Å². The van der Waals surface area contributed by atoms with Gasteiger partial charge >= 0.3 is 6.03 Å². The van der Waals surface area contributed by atoms with Crippen LogP contribution < -0.4 is 10.6 Å². The molecule has 2 atom stereocenters. The van der Waals surface area contributed by atoms with Gasteiger partial charge in [-0.1, -0.05) is 26.2 Å². The molecule has 4 heteroatoms.